The van der Waals surface area contributed by atoms with Crippen LogP contribution >= 0.6 is 23.1 Å². The van der Waals surface area contributed by atoms with Crippen molar-refractivity contribution in [3.05, 3.63) is 57.7 Å². The molecule has 4 rings (SSSR count). The lowest BCUT2D eigenvalue weighted by atomic mass is 10.0. The van der Waals surface area contributed by atoms with Crippen LogP contribution in [0.4, 0.5) is 0 Å². The largest absolute Gasteiger partial charge is 0.476 e. The Balaban J connectivity index is 1.58. The summed E-state index contributed by atoms with van der Waals surface area (Å²) in [4.78, 5) is 50.7. The van der Waals surface area contributed by atoms with Gasteiger partial charge in [-0.1, -0.05) is 6.07 Å². The van der Waals surface area contributed by atoms with Gasteiger partial charge in [0, 0.05) is 23.9 Å². The van der Waals surface area contributed by atoms with Crippen molar-refractivity contribution in [2.45, 2.75) is 24.8 Å². The van der Waals surface area contributed by atoms with E-state index in [9.17, 15) is 24.3 Å². The number of carbonyl (C=O) groups is 4. The van der Waals surface area contributed by atoms with Crippen LogP contribution in [0.25, 0.3) is 5.70 Å². The number of aliphatic carboxylic acids is 1. The predicted octanol–water partition coefficient (Wildman–Crippen LogP) is 0.339. The summed E-state index contributed by atoms with van der Waals surface area (Å²) in [6.07, 6.45) is 1.74. The zero-order valence-corrected chi connectivity index (χ0v) is 18.0. The maximum Gasteiger partial charge on any atom is 0.359 e. The summed E-state index contributed by atoms with van der Waals surface area (Å²) < 4.78 is 1.63. The molecule has 0 bridgehead atoms. The van der Waals surface area contributed by atoms with Gasteiger partial charge in [-0.15, -0.1) is 23.1 Å². The maximum atomic E-state index is 12.8. The molecule has 2 aromatic rings. The van der Waals surface area contributed by atoms with Gasteiger partial charge >= 0.3 is 5.97 Å². The number of pyridine rings is 1. The molecule has 2 aliphatic heterocycles. The van der Waals surface area contributed by atoms with Crippen molar-refractivity contribution < 1.29 is 28.9 Å². The van der Waals surface area contributed by atoms with Gasteiger partial charge in [-0.25, -0.2) is 4.79 Å². The number of carboxylic acid groups (broad SMARTS) is 1. The van der Waals surface area contributed by atoms with Crippen LogP contribution < -0.4 is 15.6 Å². The molecule has 2 atom stereocenters. The van der Waals surface area contributed by atoms with E-state index in [-0.39, 0.29) is 18.0 Å². The SMILES string of the molecule is Cc1cc(C(N)=O)cc[n+]1C1=C(C(=O)O)N2C(=O)[C@@H](NC(=O)Cc3cccs3)[C@H]2SC1. The molecule has 0 spiro atoms. The minimum atomic E-state index is -1.23. The van der Waals surface area contributed by atoms with Crippen LogP contribution in [0.2, 0.25) is 0 Å². The van der Waals surface area contributed by atoms with Crippen LogP contribution in [0.5, 0.6) is 0 Å². The van der Waals surface area contributed by atoms with Crippen LogP contribution in [-0.2, 0) is 20.8 Å². The molecule has 9 nitrogen and oxygen atoms in total. The van der Waals surface area contributed by atoms with E-state index in [2.05, 4.69) is 5.32 Å². The molecule has 4 N–H and O–H groups in total. The fourth-order valence-corrected chi connectivity index (χ4v) is 5.70. The summed E-state index contributed by atoms with van der Waals surface area (Å²) in [5, 5.41) is 14.0. The van der Waals surface area contributed by atoms with E-state index in [1.165, 1.54) is 34.1 Å². The number of aromatic nitrogens is 1. The van der Waals surface area contributed by atoms with Crippen LogP contribution in [0.1, 0.15) is 20.9 Å². The maximum absolute atomic E-state index is 12.8. The third kappa shape index (κ3) is 3.81. The molecule has 1 fully saturated rings. The Morgan fingerprint density at radius 2 is 2.13 bits per heavy atom. The number of nitrogens with zero attached hydrogens (tertiary/aromatic N) is 2. The number of rotatable bonds is 6. The minimum absolute atomic E-state index is 0.127. The van der Waals surface area contributed by atoms with Crippen LogP contribution in [0, 0.1) is 6.92 Å². The van der Waals surface area contributed by atoms with Crippen molar-refractivity contribution in [3.8, 4) is 0 Å². The summed E-state index contributed by atoms with van der Waals surface area (Å²) in [6, 6.07) is 5.99. The minimum Gasteiger partial charge on any atom is -0.476 e. The highest BCUT2D eigenvalue weighted by molar-refractivity contribution is 8.00. The quantitative estimate of drug-likeness (QED) is 0.421. The number of β-lactam (4-membered cyclic amide) rings is 1. The first-order valence-corrected chi connectivity index (χ1v) is 11.3. The van der Waals surface area contributed by atoms with Gasteiger partial charge in [0.05, 0.1) is 17.7 Å². The van der Waals surface area contributed by atoms with E-state index in [1.54, 1.807) is 23.8 Å². The van der Waals surface area contributed by atoms with Crippen LogP contribution in [-0.4, -0.2) is 50.9 Å². The molecule has 2 aromatic heterocycles. The van der Waals surface area contributed by atoms with Crippen molar-refractivity contribution in [3.63, 3.8) is 0 Å². The molecule has 0 saturated carbocycles. The molecular weight excluding hydrogens is 440 g/mol. The topological polar surface area (TPSA) is 134 Å². The summed E-state index contributed by atoms with van der Waals surface area (Å²) in [5.41, 5.74) is 6.51. The Bertz CT molecular complexity index is 1130. The monoisotopic (exact) mass is 459 g/mol. The number of aryl methyl sites for hydroxylation is 1. The van der Waals surface area contributed by atoms with Crippen molar-refractivity contribution in [1.82, 2.24) is 10.2 Å². The van der Waals surface area contributed by atoms with Crippen molar-refractivity contribution in [1.29, 1.82) is 0 Å². The smallest absolute Gasteiger partial charge is 0.359 e. The third-order valence-electron chi connectivity index (χ3n) is 5.10. The molecular formula is C20H19N4O5S2+. The third-order valence-corrected chi connectivity index (χ3v) is 7.25. The van der Waals surface area contributed by atoms with Gasteiger partial charge < -0.3 is 16.2 Å². The summed E-state index contributed by atoms with van der Waals surface area (Å²) in [6.45, 7) is 1.72. The van der Waals surface area contributed by atoms with Gasteiger partial charge in [0.1, 0.15) is 11.4 Å². The lowest BCUT2D eigenvalue weighted by molar-refractivity contribution is -0.589. The highest BCUT2D eigenvalue weighted by Crippen LogP contribution is 2.40. The molecule has 1 saturated heterocycles. The fourth-order valence-electron chi connectivity index (χ4n) is 3.65. The van der Waals surface area contributed by atoms with Crippen LogP contribution in [0.3, 0.4) is 0 Å². The van der Waals surface area contributed by atoms with E-state index in [0.717, 1.165) is 4.88 Å². The van der Waals surface area contributed by atoms with E-state index in [4.69, 9.17) is 5.73 Å². The number of carbonyl (C=O) groups excluding carboxylic acids is 3. The Kier molecular flexibility index (Phi) is 5.54. The first kappa shape index (κ1) is 21.1. The first-order chi connectivity index (χ1) is 14.8. The molecule has 3 amide bonds. The van der Waals surface area contributed by atoms with Gasteiger partial charge in [-0.2, -0.15) is 4.57 Å². The predicted molar refractivity (Wildman–Crippen MR) is 114 cm³/mol. The number of carboxylic acids is 1. The number of primary amides is 1. The second-order valence-corrected chi connectivity index (χ2v) is 9.24. The number of thioether (sulfide) groups is 1. The zero-order valence-electron chi connectivity index (χ0n) is 16.4. The molecule has 2 aliphatic rings. The molecule has 31 heavy (non-hydrogen) atoms. The molecule has 0 aliphatic carbocycles. The molecule has 4 heterocycles. The van der Waals surface area contributed by atoms with E-state index >= 15 is 0 Å². The van der Waals surface area contributed by atoms with E-state index in [1.807, 2.05) is 17.5 Å². The molecule has 0 unspecified atom stereocenters. The normalized spacial score (nSPS) is 20.2. The van der Waals surface area contributed by atoms with Gasteiger partial charge in [0.15, 0.2) is 17.6 Å². The lowest BCUT2D eigenvalue weighted by Gasteiger charge is -2.48. The summed E-state index contributed by atoms with van der Waals surface area (Å²) in [7, 11) is 0. The summed E-state index contributed by atoms with van der Waals surface area (Å²) >= 11 is 2.83. The van der Waals surface area contributed by atoms with Gasteiger partial charge in [0.25, 0.3) is 5.91 Å². The van der Waals surface area contributed by atoms with Gasteiger partial charge in [0.2, 0.25) is 17.5 Å². The molecule has 0 radical (unpaired) electrons. The number of fused-ring (bicyclic) bond motifs is 1. The van der Waals surface area contributed by atoms with E-state index in [0.29, 0.717) is 22.7 Å². The van der Waals surface area contributed by atoms with E-state index < -0.39 is 29.2 Å². The number of nitrogens with two attached hydrogens (primary N) is 1. The van der Waals surface area contributed by atoms with Crippen molar-refractivity contribution in [2.75, 3.05) is 5.75 Å². The second kappa shape index (κ2) is 8.16. The Labute approximate surface area is 185 Å². The number of thiophene rings is 1. The Morgan fingerprint density at radius 3 is 2.74 bits per heavy atom. The average Bonchev–Trinajstić information content (AvgIpc) is 3.23. The first-order valence-electron chi connectivity index (χ1n) is 9.33. The number of nitrogens with one attached hydrogen (secondary N) is 1. The molecule has 0 aromatic carbocycles. The standard InChI is InChI=1S/C20H18N4O5S2/c1-10-7-11(17(21)26)4-5-23(10)13-9-31-19-15(18(27)24(19)16(13)20(28)29)22-14(25)8-12-3-2-6-30-12/h2-7,15,19H,8-9H2,1H3,(H3-,21,22,25,26,28,29)/p+1/t15-,19-/m1/s1. The second-order valence-electron chi connectivity index (χ2n) is 7.10. The van der Waals surface area contributed by atoms with Gasteiger partial charge in [-0.05, 0) is 11.4 Å². The Hall–Kier alpha value is -3.18. The highest BCUT2D eigenvalue weighted by atomic mass is 32.2. The number of amides is 3. The molecule has 160 valence electrons. The van der Waals surface area contributed by atoms with Gasteiger partial charge in [-0.3, -0.25) is 19.3 Å². The fraction of sp³-hybridized carbons (Fsp3) is 0.250. The lowest BCUT2D eigenvalue weighted by Crippen LogP contribution is -2.71. The molecule has 11 heteroatoms. The van der Waals surface area contributed by atoms with Crippen LogP contribution in [0.15, 0.2) is 41.5 Å². The average molecular weight is 460 g/mol. The zero-order chi connectivity index (χ0) is 22.3. The van der Waals surface area contributed by atoms with Crippen molar-refractivity contribution >= 4 is 52.5 Å². The highest BCUT2D eigenvalue weighted by Gasteiger charge is 2.56. The number of hydrogen-bond acceptors (Lipinski definition) is 6. The summed E-state index contributed by atoms with van der Waals surface area (Å²) in [5.74, 6) is -2.24. The number of hydrogen-bond donors (Lipinski definition) is 3. The van der Waals surface area contributed by atoms with Crippen molar-refractivity contribution in [2.24, 2.45) is 5.73 Å². The Morgan fingerprint density at radius 1 is 1.35 bits per heavy atom.